The quantitative estimate of drug-likeness (QED) is 0.797. The normalized spacial score (nSPS) is 11.3. The van der Waals surface area contributed by atoms with Crippen LogP contribution >= 0.6 is 0 Å². The lowest BCUT2D eigenvalue weighted by atomic mass is 10.2. The Bertz CT molecular complexity index is 379. The van der Waals surface area contributed by atoms with Crippen molar-refractivity contribution in [2.75, 3.05) is 5.32 Å². The summed E-state index contributed by atoms with van der Waals surface area (Å²) in [7, 11) is 1.70. The standard InChI is InChI=1S/C10H17N3O3/c1-10(2,3)16-9(15)12-7-5-11-8(6-14)13(7)4/h5,14H,6H2,1-4H3,(H,12,15). The van der Waals surface area contributed by atoms with Gasteiger partial charge >= 0.3 is 6.09 Å². The van der Waals surface area contributed by atoms with Gasteiger partial charge in [-0.25, -0.2) is 9.78 Å². The number of imidazole rings is 1. The molecule has 1 rings (SSSR count). The molecule has 0 aliphatic rings. The fraction of sp³-hybridized carbons (Fsp3) is 0.600. The SMILES string of the molecule is Cn1c(NC(=O)OC(C)(C)C)cnc1CO. The minimum atomic E-state index is -0.542. The number of nitrogens with zero attached hydrogens (tertiary/aromatic N) is 2. The van der Waals surface area contributed by atoms with Crippen molar-refractivity contribution in [3.63, 3.8) is 0 Å². The van der Waals surface area contributed by atoms with Crippen LogP contribution < -0.4 is 5.32 Å². The fourth-order valence-corrected chi connectivity index (χ4v) is 1.12. The number of aromatic nitrogens is 2. The summed E-state index contributed by atoms with van der Waals surface area (Å²) in [5, 5.41) is 11.5. The molecule has 1 aromatic rings. The molecule has 1 heterocycles. The van der Waals surface area contributed by atoms with Gasteiger partial charge in [0.05, 0.1) is 6.20 Å². The molecule has 0 saturated heterocycles. The first kappa shape index (κ1) is 12.5. The van der Waals surface area contributed by atoms with Crippen molar-refractivity contribution < 1.29 is 14.6 Å². The molecule has 2 N–H and O–H groups in total. The zero-order valence-electron chi connectivity index (χ0n) is 9.94. The monoisotopic (exact) mass is 227 g/mol. The second-order valence-corrected chi connectivity index (χ2v) is 4.40. The van der Waals surface area contributed by atoms with E-state index in [1.54, 1.807) is 32.4 Å². The third kappa shape index (κ3) is 3.23. The molecule has 0 unspecified atom stereocenters. The van der Waals surface area contributed by atoms with Crippen LogP contribution in [-0.2, 0) is 18.4 Å². The van der Waals surface area contributed by atoms with E-state index in [-0.39, 0.29) is 6.61 Å². The number of rotatable bonds is 2. The molecule has 1 amide bonds. The number of aliphatic hydroxyl groups excluding tert-OH is 1. The maximum atomic E-state index is 11.4. The molecule has 0 aromatic carbocycles. The summed E-state index contributed by atoms with van der Waals surface area (Å²) in [5.74, 6) is 0.962. The van der Waals surface area contributed by atoms with Gasteiger partial charge in [0.2, 0.25) is 0 Å². The van der Waals surface area contributed by atoms with Gasteiger partial charge in [-0.2, -0.15) is 0 Å². The van der Waals surface area contributed by atoms with E-state index >= 15 is 0 Å². The number of ether oxygens (including phenoxy) is 1. The Morgan fingerprint density at radius 1 is 1.62 bits per heavy atom. The Balaban J connectivity index is 2.67. The number of nitrogens with one attached hydrogen (secondary N) is 1. The van der Waals surface area contributed by atoms with E-state index in [0.717, 1.165) is 0 Å². The minimum Gasteiger partial charge on any atom is -0.444 e. The Morgan fingerprint density at radius 3 is 2.69 bits per heavy atom. The summed E-state index contributed by atoms with van der Waals surface area (Å²) in [5.41, 5.74) is -0.539. The van der Waals surface area contributed by atoms with Gasteiger partial charge in [0.1, 0.15) is 23.9 Å². The highest BCUT2D eigenvalue weighted by Gasteiger charge is 2.17. The van der Waals surface area contributed by atoms with E-state index in [1.807, 2.05) is 0 Å². The molecule has 6 heteroatoms. The van der Waals surface area contributed by atoms with Crippen LogP contribution in [0.2, 0.25) is 0 Å². The predicted molar refractivity (Wildman–Crippen MR) is 59.0 cm³/mol. The predicted octanol–water partition coefficient (Wildman–Crippen LogP) is 1.26. The van der Waals surface area contributed by atoms with Crippen molar-refractivity contribution >= 4 is 11.9 Å². The number of anilines is 1. The first-order chi connectivity index (χ1) is 7.33. The molecule has 0 radical (unpaired) electrons. The summed E-state index contributed by atoms with van der Waals surface area (Å²) in [6.07, 6.45) is 0.926. The molecule has 0 aliphatic carbocycles. The van der Waals surface area contributed by atoms with E-state index in [4.69, 9.17) is 9.84 Å². The summed E-state index contributed by atoms with van der Waals surface area (Å²) in [6.45, 7) is 5.19. The van der Waals surface area contributed by atoms with Crippen LogP contribution in [0, 0.1) is 0 Å². The minimum absolute atomic E-state index is 0.174. The number of amides is 1. The van der Waals surface area contributed by atoms with E-state index in [1.165, 1.54) is 6.20 Å². The van der Waals surface area contributed by atoms with Crippen LogP contribution in [0.3, 0.4) is 0 Å². The lowest BCUT2D eigenvalue weighted by molar-refractivity contribution is 0.0634. The molecule has 90 valence electrons. The van der Waals surface area contributed by atoms with E-state index in [0.29, 0.717) is 11.6 Å². The topological polar surface area (TPSA) is 76.4 Å². The van der Waals surface area contributed by atoms with Gasteiger partial charge in [-0.15, -0.1) is 0 Å². The van der Waals surface area contributed by atoms with Crippen LogP contribution in [0.1, 0.15) is 26.6 Å². The molecule has 16 heavy (non-hydrogen) atoms. The van der Waals surface area contributed by atoms with E-state index in [2.05, 4.69) is 10.3 Å². The molecule has 6 nitrogen and oxygen atoms in total. The summed E-state index contributed by atoms with van der Waals surface area (Å²) in [6, 6.07) is 0. The van der Waals surface area contributed by atoms with Gasteiger partial charge in [-0.05, 0) is 20.8 Å². The molecular formula is C10H17N3O3. The van der Waals surface area contributed by atoms with Gasteiger partial charge < -0.3 is 14.4 Å². The van der Waals surface area contributed by atoms with Crippen molar-refractivity contribution in [1.82, 2.24) is 9.55 Å². The summed E-state index contributed by atoms with van der Waals surface area (Å²) < 4.78 is 6.67. The third-order valence-corrected chi connectivity index (χ3v) is 1.85. The zero-order chi connectivity index (χ0) is 12.3. The highest BCUT2D eigenvalue weighted by molar-refractivity contribution is 5.83. The van der Waals surface area contributed by atoms with Crippen LogP contribution in [0.15, 0.2) is 6.20 Å². The Hall–Kier alpha value is -1.56. The van der Waals surface area contributed by atoms with Crippen LogP contribution in [0.4, 0.5) is 10.6 Å². The van der Waals surface area contributed by atoms with Crippen molar-refractivity contribution in [3.8, 4) is 0 Å². The Labute approximate surface area is 94.2 Å². The summed E-state index contributed by atoms with van der Waals surface area (Å²) >= 11 is 0. The molecule has 0 fully saturated rings. The Kier molecular flexibility index (Phi) is 3.54. The number of hydrogen-bond donors (Lipinski definition) is 2. The first-order valence-electron chi connectivity index (χ1n) is 4.95. The number of carbonyl (C=O) groups excluding carboxylic acids is 1. The van der Waals surface area contributed by atoms with E-state index < -0.39 is 11.7 Å². The molecular weight excluding hydrogens is 210 g/mol. The first-order valence-corrected chi connectivity index (χ1v) is 4.95. The van der Waals surface area contributed by atoms with Crippen LogP contribution in [0.25, 0.3) is 0 Å². The molecule has 0 aliphatic heterocycles. The largest absolute Gasteiger partial charge is 0.444 e. The van der Waals surface area contributed by atoms with Gasteiger partial charge in [0.25, 0.3) is 0 Å². The van der Waals surface area contributed by atoms with Crippen molar-refractivity contribution in [2.24, 2.45) is 7.05 Å². The van der Waals surface area contributed by atoms with Gasteiger partial charge in [0.15, 0.2) is 0 Å². The smallest absolute Gasteiger partial charge is 0.413 e. The lowest BCUT2D eigenvalue weighted by Gasteiger charge is -2.19. The van der Waals surface area contributed by atoms with Gasteiger partial charge in [0, 0.05) is 7.05 Å². The maximum absolute atomic E-state index is 11.4. The van der Waals surface area contributed by atoms with Gasteiger partial charge in [-0.3, -0.25) is 5.32 Å². The van der Waals surface area contributed by atoms with Crippen LogP contribution in [-0.4, -0.2) is 26.4 Å². The lowest BCUT2D eigenvalue weighted by Crippen LogP contribution is -2.27. The second-order valence-electron chi connectivity index (χ2n) is 4.40. The highest BCUT2D eigenvalue weighted by Crippen LogP contribution is 2.12. The van der Waals surface area contributed by atoms with Crippen molar-refractivity contribution in [1.29, 1.82) is 0 Å². The third-order valence-electron chi connectivity index (χ3n) is 1.85. The molecule has 0 atom stereocenters. The molecule has 0 saturated carbocycles. The van der Waals surface area contributed by atoms with E-state index in [9.17, 15) is 4.79 Å². The van der Waals surface area contributed by atoms with Crippen molar-refractivity contribution in [2.45, 2.75) is 33.0 Å². The second kappa shape index (κ2) is 4.52. The maximum Gasteiger partial charge on any atom is 0.413 e. The molecule has 1 aromatic heterocycles. The zero-order valence-corrected chi connectivity index (χ0v) is 9.94. The molecule has 0 spiro atoms. The Morgan fingerprint density at radius 2 is 2.25 bits per heavy atom. The highest BCUT2D eigenvalue weighted by atomic mass is 16.6. The summed E-state index contributed by atoms with van der Waals surface area (Å²) in [4.78, 5) is 15.4. The van der Waals surface area contributed by atoms with Gasteiger partial charge in [-0.1, -0.05) is 0 Å². The molecule has 0 bridgehead atoms. The van der Waals surface area contributed by atoms with Crippen molar-refractivity contribution in [3.05, 3.63) is 12.0 Å². The fourth-order valence-electron chi connectivity index (χ4n) is 1.12. The van der Waals surface area contributed by atoms with Crippen LogP contribution in [0.5, 0.6) is 0 Å². The number of carbonyl (C=O) groups is 1. The average Bonchev–Trinajstić information content (AvgIpc) is 2.44. The number of hydrogen-bond acceptors (Lipinski definition) is 4. The average molecular weight is 227 g/mol. The number of aliphatic hydroxyl groups is 1.